The highest BCUT2D eigenvalue weighted by molar-refractivity contribution is 7.89. The Labute approximate surface area is 185 Å². The maximum Gasteiger partial charge on any atom is 0.269 e. The lowest BCUT2D eigenvalue weighted by Gasteiger charge is -2.20. The molecule has 0 saturated carbocycles. The van der Waals surface area contributed by atoms with Gasteiger partial charge < -0.3 is 11.1 Å². The van der Waals surface area contributed by atoms with Crippen molar-refractivity contribution in [3.8, 4) is 16.9 Å². The number of benzene rings is 2. The largest absolute Gasteiger partial charge is 0.364 e. The van der Waals surface area contributed by atoms with Gasteiger partial charge in [0.25, 0.3) is 5.91 Å². The van der Waals surface area contributed by atoms with Gasteiger partial charge in [-0.25, -0.2) is 17.4 Å². The third-order valence-electron chi connectivity index (χ3n) is 5.41. The summed E-state index contributed by atoms with van der Waals surface area (Å²) in [6.45, 7) is 1.43. The number of nitrogens with one attached hydrogen (secondary N) is 1. The number of carbonyl (C=O) groups is 2. The predicted molar refractivity (Wildman–Crippen MR) is 120 cm³/mol. The molecule has 9 nitrogen and oxygen atoms in total. The second-order valence-corrected chi connectivity index (χ2v) is 9.94. The van der Waals surface area contributed by atoms with E-state index in [4.69, 9.17) is 5.73 Å². The number of nitrogens with two attached hydrogens (primary N) is 1. The molecule has 3 aromatic rings. The van der Waals surface area contributed by atoms with Crippen molar-refractivity contribution < 1.29 is 18.0 Å². The van der Waals surface area contributed by atoms with Gasteiger partial charge >= 0.3 is 0 Å². The zero-order valence-corrected chi connectivity index (χ0v) is 18.7. The molecule has 32 heavy (non-hydrogen) atoms. The SMILES string of the molecule is CC(=O)Nc1ccc2c(c1)-c1c(c(C(N)=O)nn1-c1ccc(S(=O)(=O)N(C)C)cc1)CC2. The van der Waals surface area contributed by atoms with E-state index < -0.39 is 15.9 Å². The number of sulfonamides is 1. The zero-order valence-electron chi connectivity index (χ0n) is 17.9. The monoisotopic (exact) mass is 453 g/mol. The van der Waals surface area contributed by atoms with Crippen LogP contribution in [0.1, 0.15) is 28.5 Å². The van der Waals surface area contributed by atoms with Crippen molar-refractivity contribution in [3.63, 3.8) is 0 Å². The summed E-state index contributed by atoms with van der Waals surface area (Å²) in [5.74, 6) is -0.821. The number of nitrogens with zero attached hydrogens (tertiary/aromatic N) is 3. The summed E-state index contributed by atoms with van der Waals surface area (Å²) >= 11 is 0. The fourth-order valence-corrected chi connectivity index (χ4v) is 4.78. The molecule has 1 aliphatic rings. The maximum atomic E-state index is 12.4. The summed E-state index contributed by atoms with van der Waals surface area (Å²) in [6, 6.07) is 11.9. The molecule has 1 heterocycles. The Balaban J connectivity index is 1.89. The first-order valence-electron chi connectivity index (χ1n) is 9.95. The summed E-state index contributed by atoms with van der Waals surface area (Å²) in [5.41, 5.74) is 10.3. The summed E-state index contributed by atoms with van der Waals surface area (Å²) in [6.07, 6.45) is 1.29. The third-order valence-corrected chi connectivity index (χ3v) is 7.24. The molecule has 0 unspecified atom stereocenters. The quantitative estimate of drug-likeness (QED) is 0.610. The topological polar surface area (TPSA) is 127 Å². The van der Waals surface area contributed by atoms with Gasteiger partial charge in [-0.1, -0.05) is 6.07 Å². The summed E-state index contributed by atoms with van der Waals surface area (Å²) < 4.78 is 27.6. The van der Waals surface area contributed by atoms with E-state index in [9.17, 15) is 18.0 Å². The Morgan fingerprint density at radius 2 is 1.78 bits per heavy atom. The molecular formula is C22H23N5O4S. The van der Waals surface area contributed by atoms with E-state index in [0.29, 0.717) is 29.9 Å². The Kier molecular flexibility index (Phi) is 5.35. The normalized spacial score (nSPS) is 12.9. The van der Waals surface area contributed by atoms with Crippen molar-refractivity contribution in [2.45, 2.75) is 24.7 Å². The standard InChI is InChI=1S/C22H23N5O4S/c1-13(28)24-15-6-4-14-5-11-18-20(22(23)29)25-27(21(18)19(14)12-15)16-7-9-17(10-8-16)32(30,31)26(2)3/h4,6-10,12H,5,11H2,1-3H3,(H2,23,29)(H,24,28). The molecule has 0 atom stereocenters. The first kappa shape index (κ1) is 21.7. The van der Waals surface area contributed by atoms with E-state index >= 15 is 0 Å². The van der Waals surface area contributed by atoms with Crippen LogP contribution < -0.4 is 11.1 Å². The molecule has 0 fully saturated rings. The van der Waals surface area contributed by atoms with Gasteiger partial charge in [0.1, 0.15) is 0 Å². The molecule has 10 heteroatoms. The Hall–Kier alpha value is -3.50. The van der Waals surface area contributed by atoms with Crippen molar-refractivity contribution in [1.82, 2.24) is 14.1 Å². The summed E-state index contributed by atoms with van der Waals surface area (Å²) in [5, 5.41) is 7.25. The van der Waals surface area contributed by atoms with Crippen LogP contribution in [-0.4, -0.2) is 48.4 Å². The molecule has 166 valence electrons. The van der Waals surface area contributed by atoms with Crippen molar-refractivity contribution >= 4 is 27.5 Å². The van der Waals surface area contributed by atoms with Gasteiger partial charge in [-0.15, -0.1) is 0 Å². The molecule has 0 saturated heterocycles. The number of fused-ring (bicyclic) bond motifs is 3. The van der Waals surface area contributed by atoms with Crippen LogP contribution >= 0.6 is 0 Å². The second kappa shape index (κ2) is 7.88. The lowest BCUT2D eigenvalue weighted by atomic mass is 9.88. The lowest BCUT2D eigenvalue weighted by molar-refractivity contribution is -0.114. The molecular weight excluding hydrogens is 430 g/mol. The first-order valence-corrected chi connectivity index (χ1v) is 11.4. The highest BCUT2D eigenvalue weighted by Crippen LogP contribution is 2.38. The van der Waals surface area contributed by atoms with Crippen LogP contribution in [-0.2, 0) is 27.7 Å². The van der Waals surface area contributed by atoms with Crippen LogP contribution in [0.15, 0.2) is 47.4 Å². The van der Waals surface area contributed by atoms with Gasteiger partial charge in [-0.3, -0.25) is 9.59 Å². The average Bonchev–Trinajstić information content (AvgIpc) is 3.14. The van der Waals surface area contributed by atoms with Crippen molar-refractivity contribution in [1.29, 1.82) is 0 Å². The highest BCUT2D eigenvalue weighted by atomic mass is 32.2. The van der Waals surface area contributed by atoms with Crippen LogP contribution in [0.25, 0.3) is 16.9 Å². The molecule has 1 aromatic heterocycles. The number of aryl methyl sites for hydroxylation is 1. The zero-order chi connectivity index (χ0) is 23.2. The van der Waals surface area contributed by atoms with Crippen molar-refractivity contribution in [2.75, 3.05) is 19.4 Å². The van der Waals surface area contributed by atoms with E-state index in [1.807, 2.05) is 18.2 Å². The highest BCUT2D eigenvalue weighted by Gasteiger charge is 2.28. The van der Waals surface area contributed by atoms with Crippen molar-refractivity contribution in [3.05, 3.63) is 59.3 Å². The number of carbonyl (C=O) groups excluding carboxylic acids is 2. The summed E-state index contributed by atoms with van der Waals surface area (Å²) in [7, 11) is -0.642. The van der Waals surface area contributed by atoms with Crippen LogP contribution in [0.4, 0.5) is 5.69 Å². The number of aromatic nitrogens is 2. The van der Waals surface area contributed by atoms with Crippen molar-refractivity contribution in [2.24, 2.45) is 5.73 Å². The second-order valence-electron chi connectivity index (χ2n) is 7.79. The minimum Gasteiger partial charge on any atom is -0.364 e. The molecule has 1 aliphatic carbocycles. The van der Waals surface area contributed by atoms with Gasteiger partial charge in [0.05, 0.1) is 16.3 Å². The minimum absolute atomic E-state index is 0.149. The lowest BCUT2D eigenvalue weighted by Crippen LogP contribution is -2.22. The predicted octanol–water partition coefficient (Wildman–Crippen LogP) is 1.95. The third kappa shape index (κ3) is 3.67. The van der Waals surface area contributed by atoms with Crippen LogP contribution in [0.3, 0.4) is 0 Å². The Bertz CT molecular complexity index is 1340. The van der Waals surface area contributed by atoms with Gasteiger partial charge in [-0.05, 0) is 54.8 Å². The van der Waals surface area contributed by atoms with Gasteiger partial charge in [-0.2, -0.15) is 5.10 Å². The molecule has 2 amide bonds. The Morgan fingerprint density at radius 3 is 2.38 bits per heavy atom. The van der Waals surface area contributed by atoms with Gasteiger partial charge in [0, 0.05) is 37.8 Å². The van der Waals surface area contributed by atoms with E-state index in [2.05, 4.69) is 10.4 Å². The molecule has 3 N–H and O–H groups in total. The number of anilines is 1. The molecule has 4 rings (SSSR count). The van der Waals surface area contributed by atoms with E-state index in [0.717, 1.165) is 21.0 Å². The minimum atomic E-state index is -3.58. The smallest absolute Gasteiger partial charge is 0.269 e. The molecule has 0 spiro atoms. The van der Waals surface area contributed by atoms with Gasteiger partial charge in [0.2, 0.25) is 15.9 Å². The number of hydrogen-bond acceptors (Lipinski definition) is 5. The summed E-state index contributed by atoms with van der Waals surface area (Å²) in [4.78, 5) is 23.8. The van der Waals surface area contributed by atoms with Crippen LogP contribution in [0.5, 0.6) is 0 Å². The fraction of sp³-hybridized carbons (Fsp3) is 0.227. The number of rotatable bonds is 5. The fourth-order valence-electron chi connectivity index (χ4n) is 3.87. The van der Waals surface area contributed by atoms with Crippen LogP contribution in [0.2, 0.25) is 0 Å². The van der Waals surface area contributed by atoms with E-state index in [-0.39, 0.29) is 16.5 Å². The number of primary amides is 1. The molecule has 0 radical (unpaired) electrons. The molecule has 0 bridgehead atoms. The van der Waals surface area contributed by atoms with Gasteiger partial charge in [0.15, 0.2) is 5.69 Å². The molecule has 0 aliphatic heterocycles. The molecule has 2 aromatic carbocycles. The number of amides is 2. The van der Waals surface area contributed by atoms with Crippen LogP contribution in [0, 0.1) is 0 Å². The first-order chi connectivity index (χ1) is 15.1. The van der Waals surface area contributed by atoms with E-state index in [1.54, 1.807) is 16.8 Å². The Morgan fingerprint density at radius 1 is 1.09 bits per heavy atom. The van der Waals surface area contributed by atoms with E-state index in [1.165, 1.54) is 33.2 Å². The number of hydrogen-bond donors (Lipinski definition) is 2. The average molecular weight is 454 g/mol. The maximum absolute atomic E-state index is 12.4.